The summed E-state index contributed by atoms with van der Waals surface area (Å²) >= 11 is 0. The molecule has 0 spiro atoms. The van der Waals surface area contributed by atoms with Gasteiger partial charge in [0.2, 0.25) is 0 Å². The van der Waals surface area contributed by atoms with E-state index >= 15 is 0 Å². The van der Waals surface area contributed by atoms with Gasteiger partial charge in [-0.2, -0.15) is 0 Å². The molecule has 3 heteroatoms. The number of allylic oxidation sites excluding steroid dienone is 8. The van der Waals surface area contributed by atoms with Crippen LogP contribution in [0, 0.1) is 0 Å². The highest BCUT2D eigenvalue weighted by atomic mass is 16.7. The Labute approximate surface area is 282 Å². The topological polar surface area (TPSA) is 21.7 Å². The molecule has 0 aromatic rings. The van der Waals surface area contributed by atoms with Crippen LogP contribution in [0.4, 0.5) is 0 Å². The summed E-state index contributed by atoms with van der Waals surface area (Å²) in [5.74, 6) is 0. The zero-order valence-electron chi connectivity index (χ0n) is 30.8. The number of likely N-dealkylation sites (N-methyl/N-ethyl adjacent to an activating group) is 1. The van der Waals surface area contributed by atoms with Gasteiger partial charge in [-0.25, -0.2) is 0 Å². The lowest BCUT2D eigenvalue weighted by Gasteiger charge is -2.43. The molecule has 0 radical (unpaired) electrons. The first-order valence-electron chi connectivity index (χ1n) is 19.7. The predicted octanol–water partition coefficient (Wildman–Crippen LogP) is 13.1. The van der Waals surface area contributed by atoms with Crippen molar-refractivity contribution < 1.29 is 9.47 Å². The van der Waals surface area contributed by atoms with E-state index in [1.807, 2.05) is 0 Å². The van der Waals surface area contributed by atoms with Crippen molar-refractivity contribution in [1.29, 1.82) is 0 Å². The van der Waals surface area contributed by atoms with E-state index in [1.54, 1.807) is 0 Å². The van der Waals surface area contributed by atoms with Gasteiger partial charge in [-0.15, -0.1) is 0 Å². The summed E-state index contributed by atoms with van der Waals surface area (Å²) in [7, 11) is 4.49. The largest absolute Gasteiger partial charge is 0.348 e. The molecule has 0 bridgehead atoms. The number of hydrogen-bond donors (Lipinski definition) is 0. The first kappa shape index (κ1) is 41.9. The summed E-state index contributed by atoms with van der Waals surface area (Å²) in [6.45, 7) is 6.03. The molecule has 0 N–H and O–H groups in total. The molecule has 0 aromatic carbocycles. The molecule has 0 unspecified atom stereocenters. The van der Waals surface area contributed by atoms with E-state index in [9.17, 15) is 0 Å². The zero-order valence-corrected chi connectivity index (χ0v) is 30.8. The zero-order chi connectivity index (χ0) is 32.5. The highest BCUT2D eigenvalue weighted by Gasteiger charge is 2.43. The lowest BCUT2D eigenvalue weighted by molar-refractivity contribution is -0.148. The van der Waals surface area contributed by atoms with Crippen LogP contribution in [0.25, 0.3) is 0 Å². The second-order valence-electron chi connectivity index (χ2n) is 13.7. The van der Waals surface area contributed by atoms with Crippen molar-refractivity contribution >= 4 is 0 Å². The Morgan fingerprint density at radius 3 is 1.16 bits per heavy atom. The van der Waals surface area contributed by atoms with Gasteiger partial charge in [0, 0.05) is 0 Å². The van der Waals surface area contributed by atoms with Gasteiger partial charge < -0.3 is 9.47 Å². The Bertz CT molecular complexity index is 683. The number of ether oxygens (including phenoxy) is 2. The summed E-state index contributed by atoms with van der Waals surface area (Å²) in [6, 6.07) is 0. The summed E-state index contributed by atoms with van der Waals surface area (Å²) < 4.78 is 12.3. The average molecular weight is 628 g/mol. The SMILES string of the molecule is CCCCC/C=C\C/C=C\CCCCCCCCC(CCCCCCCC/C=C\C/C=C\CCCCC)(C1OCCO1)N(C)C. The number of nitrogens with zero attached hydrogens (tertiary/aromatic N) is 1. The van der Waals surface area contributed by atoms with E-state index in [2.05, 4.69) is 81.5 Å². The molecule has 1 heterocycles. The lowest BCUT2D eigenvalue weighted by atomic mass is 9.84. The molecular weight excluding hydrogens is 550 g/mol. The third-order valence-corrected chi connectivity index (χ3v) is 9.57. The van der Waals surface area contributed by atoms with E-state index in [4.69, 9.17) is 9.47 Å². The van der Waals surface area contributed by atoms with Crippen LogP contribution in [0.5, 0.6) is 0 Å². The number of rotatable bonds is 32. The highest BCUT2D eigenvalue weighted by Crippen LogP contribution is 2.35. The fourth-order valence-electron chi connectivity index (χ4n) is 6.53. The van der Waals surface area contributed by atoms with E-state index in [1.165, 1.54) is 154 Å². The molecule has 3 nitrogen and oxygen atoms in total. The molecule has 0 aliphatic carbocycles. The van der Waals surface area contributed by atoms with Crippen LogP contribution in [0.15, 0.2) is 48.6 Å². The first-order valence-corrected chi connectivity index (χ1v) is 19.7. The lowest BCUT2D eigenvalue weighted by Crippen LogP contribution is -2.54. The third-order valence-electron chi connectivity index (χ3n) is 9.57. The maximum Gasteiger partial charge on any atom is 0.175 e. The Hall–Kier alpha value is -1.16. The molecule has 1 rings (SSSR count). The minimum absolute atomic E-state index is 0.0149. The van der Waals surface area contributed by atoms with Crippen LogP contribution in [0.3, 0.4) is 0 Å². The van der Waals surface area contributed by atoms with E-state index in [-0.39, 0.29) is 11.8 Å². The van der Waals surface area contributed by atoms with E-state index < -0.39 is 0 Å². The van der Waals surface area contributed by atoms with Crippen LogP contribution in [0.2, 0.25) is 0 Å². The Balaban J connectivity index is 2.18. The molecule has 0 aromatic heterocycles. The molecule has 0 saturated carbocycles. The summed E-state index contributed by atoms with van der Waals surface area (Å²) in [5, 5.41) is 0. The molecule has 262 valence electrons. The molecule has 1 aliphatic rings. The predicted molar refractivity (Wildman–Crippen MR) is 200 cm³/mol. The van der Waals surface area contributed by atoms with Gasteiger partial charge in [-0.3, -0.25) is 4.90 Å². The quantitative estimate of drug-likeness (QED) is 0.0547. The van der Waals surface area contributed by atoms with Gasteiger partial charge in [0.05, 0.1) is 18.8 Å². The fraction of sp³-hybridized carbons (Fsp3) is 0.810. The van der Waals surface area contributed by atoms with Gasteiger partial charge in [0.1, 0.15) is 0 Å². The first-order chi connectivity index (χ1) is 22.2. The van der Waals surface area contributed by atoms with E-state index in [0.29, 0.717) is 0 Å². The van der Waals surface area contributed by atoms with Crippen LogP contribution < -0.4 is 0 Å². The fourth-order valence-corrected chi connectivity index (χ4v) is 6.53. The van der Waals surface area contributed by atoms with Crippen LogP contribution >= 0.6 is 0 Å². The standard InChI is InChI=1S/C42H77NO2/c1-5-7-9-11-13-15-17-19-21-23-25-27-29-31-33-35-37-42(43(3)4,41-44-39-40-45-41)38-36-34-32-30-28-26-24-22-20-18-16-14-12-10-8-6-2/h13-16,19-22,41H,5-12,17-18,23-40H2,1-4H3/b15-13-,16-14-,21-19-,22-20-. The molecule has 45 heavy (non-hydrogen) atoms. The molecule has 1 aliphatic heterocycles. The smallest absolute Gasteiger partial charge is 0.175 e. The van der Waals surface area contributed by atoms with Gasteiger partial charge >= 0.3 is 0 Å². The molecule has 1 saturated heterocycles. The van der Waals surface area contributed by atoms with Crippen LogP contribution in [-0.4, -0.2) is 44.0 Å². The van der Waals surface area contributed by atoms with Gasteiger partial charge in [-0.1, -0.05) is 152 Å². The maximum absolute atomic E-state index is 6.15. The molecule has 0 atom stereocenters. The Morgan fingerprint density at radius 2 is 0.800 bits per heavy atom. The maximum atomic E-state index is 6.15. The molecule has 1 fully saturated rings. The van der Waals surface area contributed by atoms with E-state index in [0.717, 1.165) is 26.1 Å². The van der Waals surface area contributed by atoms with Gasteiger partial charge in [0.25, 0.3) is 0 Å². The van der Waals surface area contributed by atoms with Crippen LogP contribution in [-0.2, 0) is 9.47 Å². The third kappa shape index (κ3) is 22.9. The van der Waals surface area contributed by atoms with Crippen molar-refractivity contribution in [1.82, 2.24) is 4.90 Å². The van der Waals surface area contributed by atoms with Crippen molar-refractivity contribution in [3.63, 3.8) is 0 Å². The van der Waals surface area contributed by atoms with Crippen LogP contribution in [0.1, 0.15) is 181 Å². The summed E-state index contributed by atoms with van der Waals surface area (Å²) in [5.41, 5.74) is 0.0149. The average Bonchev–Trinajstić information content (AvgIpc) is 3.59. The summed E-state index contributed by atoms with van der Waals surface area (Å²) in [6.07, 6.45) is 52.3. The Kier molecular flexibility index (Phi) is 29.2. The monoisotopic (exact) mass is 628 g/mol. The van der Waals surface area contributed by atoms with Crippen molar-refractivity contribution in [2.45, 2.75) is 193 Å². The normalized spacial score (nSPS) is 15.0. The molecule has 0 amide bonds. The Morgan fingerprint density at radius 1 is 0.467 bits per heavy atom. The van der Waals surface area contributed by atoms with Gasteiger partial charge in [-0.05, 0) is 91.1 Å². The molecular formula is C42H77NO2. The van der Waals surface area contributed by atoms with Crippen molar-refractivity contribution in [3.8, 4) is 0 Å². The van der Waals surface area contributed by atoms with Gasteiger partial charge in [0.15, 0.2) is 6.29 Å². The number of hydrogen-bond acceptors (Lipinski definition) is 3. The minimum Gasteiger partial charge on any atom is -0.348 e. The summed E-state index contributed by atoms with van der Waals surface area (Å²) in [4.78, 5) is 2.43. The van der Waals surface area contributed by atoms with Crippen molar-refractivity contribution in [3.05, 3.63) is 48.6 Å². The second kappa shape index (κ2) is 31.4. The minimum atomic E-state index is -0.0663. The second-order valence-corrected chi connectivity index (χ2v) is 13.7. The van der Waals surface area contributed by atoms with Crippen molar-refractivity contribution in [2.24, 2.45) is 0 Å². The van der Waals surface area contributed by atoms with Crippen molar-refractivity contribution in [2.75, 3.05) is 27.3 Å². The number of unbranched alkanes of at least 4 members (excludes halogenated alkanes) is 18. The highest BCUT2D eigenvalue weighted by molar-refractivity contribution is 4.94.